The number of piperidine rings is 1. The second-order valence-electron chi connectivity index (χ2n) is 16.2. The second-order valence-corrected chi connectivity index (χ2v) is 16.2. The van der Waals surface area contributed by atoms with Gasteiger partial charge in [0, 0.05) is 44.2 Å². The van der Waals surface area contributed by atoms with Crippen molar-refractivity contribution < 1.29 is 23.9 Å². The van der Waals surface area contributed by atoms with E-state index in [1.165, 1.54) is 0 Å². The van der Waals surface area contributed by atoms with Crippen LogP contribution in [0.1, 0.15) is 76.3 Å². The smallest absolute Gasteiger partial charge is 0.245 e. The van der Waals surface area contributed by atoms with Crippen molar-refractivity contribution in [3.05, 3.63) is 71.8 Å². The third-order valence-corrected chi connectivity index (χ3v) is 11.4. The van der Waals surface area contributed by atoms with Crippen LogP contribution in [-0.2, 0) is 36.8 Å². The fourth-order valence-corrected chi connectivity index (χ4v) is 8.17. The Morgan fingerprint density at radius 2 is 1.33 bits per heavy atom. The summed E-state index contributed by atoms with van der Waals surface area (Å²) in [5, 5.41) is 8.85. The molecular weight excluding hydrogens is 683 g/mol. The Bertz CT molecular complexity index is 1490. The normalized spacial score (nSPS) is 19.7. The van der Waals surface area contributed by atoms with E-state index in [2.05, 4.69) is 20.9 Å². The van der Waals surface area contributed by atoms with E-state index in [0.29, 0.717) is 51.4 Å². The lowest BCUT2D eigenvalue weighted by atomic mass is 9.71. The second kappa shape index (κ2) is 20.2. The molecule has 12 heteroatoms. The number of nitrogens with one attached hydrogen (secondary N) is 3. The standard InChI is InChI=1S/C42H63N7O5/c1-30(2)25-36(47-40(52)37(27-32-13-7-4-8-14-32)46-38(50)34(44)26-31-11-5-3-6-12-31)39(51)45-35(15-9-10-20-43)41(53)49-28-42(29-49)18-21-48(22-19-42)33-16-23-54-24-17-33/h3-8,11-14,30,33-37H,9-10,15-29,43-44H2,1-2H3,(H,45,51)(H,46,50)(H,47,52)/t34-,35-,36-,37-/m1/s1. The number of likely N-dealkylation sites (tertiary alicyclic amines) is 2. The molecule has 3 heterocycles. The third kappa shape index (κ3) is 11.8. The third-order valence-electron chi connectivity index (χ3n) is 11.4. The Morgan fingerprint density at radius 1 is 0.778 bits per heavy atom. The van der Waals surface area contributed by atoms with Crippen LogP contribution in [0.2, 0.25) is 0 Å². The molecule has 5 rings (SSSR count). The van der Waals surface area contributed by atoms with Gasteiger partial charge in [0.2, 0.25) is 23.6 Å². The Morgan fingerprint density at radius 3 is 1.93 bits per heavy atom. The molecule has 3 aliphatic rings. The largest absolute Gasteiger partial charge is 0.381 e. The van der Waals surface area contributed by atoms with Crippen molar-refractivity contribution in [3.63, 3.8) is 0 Å². The first-order valence-electron chi connectivity index (χ1n) is 20.1. The number of unbranched alkanes of at least 4 members (excludes halogenated alkanes) is 1. The molecule has 0 aliphatic carbocycles. The zero-order valence-electron chi connectivity index (χ0n) is 32.3. The van der Waals surface area contributed by atoms with Crippen molar-refractivity contribution in [1.82, 2.24) is 25.8 Å². The molecule has 7 N–H and O–H groups in total. The lowest BCUT2D eigenvalue weighted by molar-refractivity contribution is -0.151. The number of carbonyl (C=O) groups excluding carboxylic acids is 4. The highest BCUT2D eigenvalue weighted by Gasteiger charge is 2.48. The summed E-state index contributed by atoms with van der Waals surface area (Å²) >= 11 is 0. The molecule has 296 valence electrons. The van der Waals surface area contributed by atoms with Gasteiger partial charge < -0.3 is 42.0 Å². The highest BCUT2D eigenvalue weighted by Crippen LogP contribution is 2.41. The number of hydrogen-bond donors (Lipinski definition) is 5. The summed E-state index contributed by atoms with van der Waals surface area (Å²) in [7, 11) is 0. The summed E-state index contributed by atoms with van der Waals surface area (Å²) in [6, 6.07) is 16.0. The number of benzene rings is 2. The van der Waals surface area contributed by atoms with Crippen molar-refractivity contribution in [2.45, 2.75) is 108 Å². The van der Waals surface area contributed by atoms with Crippen molar-refractivity contribution in [1.29, 1.82) is 0 Å². The minimum absolute atomic E-state index is 0.0659. The van der Waals surface area contributed by atoms with E-state index in [1.807, 2.05) is 79.4 Å². The molecule has 0 aromatic heterocycles. The van der Waals surface area contributed by atoms with Gasteiger partial charge in [0.05, 0.1) is 6.04 Å². The first-order valence-corrected chi connectivity index (χ1v) is 20.1. The Labute approximate surface area is 321 Å². The van der Waals surface area contributed by atoms with Gasteiger partial charge in [-0.15, -0.1) is 0 Å². The van der Waals surface area contributed by atoms with Crippen molar-refractivity contribution in [2.75, 3.05) is 45.9 Å². The number of nitrogens with zero attached hydrogens (tertiary/aromatic N) is 2. The molecule has 3 aliphatic heterocycles. The lowest BCUT2D eigenvalue weighted by Crippen LogP contribution is -2.66. The first-order chi connectivity index (χ1) is 26.1. The van der Waals surface area contributed by atoms with Crippen LogP contribution in [-0.4, -0.2) is 110 Å². The molecule has 2 aromatic carbocycles. The van der Waals surface area contributed by atoms with Crippen LogP contribution in [0.4, 0.5) is 0 Å². The molecule has 1 spiro atoms. The average molecular weight is 746 g/mol. The van der Waals surface area contributed by atoms with Gasteiger partial charge in [-0.05, 0) is 94.5 Å². The van der Waals surface area contributed by atoms with Gasteiger partial charge in [-0.3, -0.25) is 19.2 Å². The molecule has 4 amide bonds. The van der Waals surface area contributed by atoms with E-state index < -0.39 is 41.9 Å². The monoisotopic (exact) mass is 745 g/mol. The van der Waals surface area contributed by atoms with Gasteiger partial charge in [-0.2, -0.15) is 0 Å². The molecule has 0 unspecified atom stereocenters. The van der Waals surface area contributed by atoms with E-state index in [-0.39, 0.29) is 23.7 Å². The fraction of sp³-hybridized carbons (Fsp3) is 0.619. The van der Waals surface area contributed by atoms with Crippen molar-refractivity contribution in [3.8, 4) is 0 Å². The number of carbonyl (C=O) groups is 4. The highest BCUT2D eigenvalue weighted by atomic mass is 16.5. The Hall–Kier alpha value is -3.84. The molecule has 0 saturated carbocycles. The molecule has 54 heavy (non-hydrogen) atoms. The van der Waals surface area contributed by atoms with Gasteiger partial charge in [-0.1, -0.05) is 74.5 Å². The summed E-state index contributed by atoms with van der Waals surface area (Å²) in [6.07, 6.45) is 7.11. The van der Waals surface area contributed by atoms with E-state index in [0.717, 1.165) is 69.5 Å². The van der Waals surface area contributed by atoms with E-state index in [1.54, 1.807) is 0 Å². The fourth-order valence-electron chi connectivity index (χ4n) is 8.17. The topological polar surface area (TPSA) is 172 Å². The number of hydrogen-bond acceptors (Lipinski definition) is 8. The minimum atomic E-state index is -0.971. The molecule has 3 fully saturated rings. The summed E-state index contributed by atoms with van der Waals surface area (Å²) in [5.74, 6) is -1.35. The molecule has 12 nitrogen and oxygen atoms in total. The maximum Gasteiger partial charge on any atom is 0.245 e. The van der Waals surface area contributed by atoms with Crippen molar-refractivity contribution >= 4 is 23.6 Å². The van der Waals surface area contributed by atoms with Gasteiger partial charge in [0.25, 0.3) is 0 Å². The molecule has 4 atom stereocenters. The van der Waals surface area contributed by atoms with Crippen LogP contribution in [0, 0.1) is 11.3 Å². The lowest BCUT2D eigenvalue weighted by Gasteiger charge is -2.55. The van der Waals surface area contributed by atoms with Gasteiger partial charge in [0.1, 0.15) is 18.1 Å². The van der Waals surface area contributed by atoms with Gasteiger partial charge in [-0.25, -0.2) is 0 Å². The molecule has 0 bridgehead atoms. The Kier molecular flexibility index (Phi) is 15.4. The summed E-state index contributed by atoms with van der Waals surface area (Å²) < 4.78 is 5.56. The van der Waals surface area contributed by atoms with Crippen LogP contribution in [0.3, 0.4) is 0 Å². The predicted octanol–water partition coefficient (Wildman–Crippen LogP) is 2.53. The van der Waals surface area contributed by atoms with E-state index >= 15 is 0 Å². The van der Waals surface area contributed by atoms with Crippen molar-refractivity contribution in [2.24, 2.45) is 22.8 Å². The van der Waals surface area contributed by atoms with E-state index in [9.17, 15) is 19.2 Å². The summed E-state index contributed by atoms with van der Waals surface area (Å²) in [6.45, 7) is 9.64. The van der Waals surface area contributed by atoms with Crippen LogP contribution in [0.25, 0.3) is 0 Å². The predicted molar refractivity (Wildman–Crippen MR) is 210 cm³/mol. The molecule has 3 saturated heterocycles. The highest BCUT2D eigenvalue weighted by molar-refractivity contribution is 5.95. The zero-order valence-corrected chi connectivity index (χ0v) is 32.3. The molecule has 2 aromatic rings. The maximum atomic E-state index is 14.0. The zero-order chi connectivity index (χ0) is 38.5. The summed E-state index contributed by atoms with van der Waals surface area (Å²) in [4.78, 5) is 59.9. The summed E-state index contributed by atoms with van der Waals surface area (Å²) in [5.41, 5.74) is 14.0. The quantitative estimate of drug-likeness (QED) is 0.145. The van der Waals surface area contributed by atoms with Crippen LogP contribution in [0.5, 0.6) is 0 Å². The Balaban J connectivity index is 1.22. The average Bonchev–Trinajstić information content (AvgIpc) is 3.16. The first kappa shape index (κ1) is 41.3. The number of ether oxygens (including phenoxy) is 1. The maximum absolute atomic E-state index is 14.0. The van der Waals surface area contributed by atoms with Gasteiger partial charge >= 0.3 is 0 Å². The molecular formula is C42H63N7O5. The van der Waals surface area contributed by atoms with Gasteiger partial charge in [0.15, 0.2) is 0 Å². The van der Waals surface area contributed by atoms with E-state index in [4.69, 9.17) is 16.2 Å². The minimum Gasteiger partial charge on any atom is -0.381 e. The number of rotatable bonds is 18. The number of amides is 4. The SMILES string of the molecule is CC(C)C[C@@H](NC(=O)[C@@H](Cc1ccccc1)NC(=O)[C@H](N)Cc1ccccc1)C(=O)N[C@H](CCCCN)C(=O)N1CC2(CCN(C3CCOCC3)CC2)C1. The molecule has 0 radical (unpaired) electrons. The van der Waals surface area contributed by atoms with Crippen LogP contribution < -0.4 is 27.4 Å². The van der Waals surface area contributed by atoms with Crippen LogP contribution in [0.15, 0.2) is 60.7 Å². The number of nitrogens with two attached hydrogens (primary N) is 2. The van der Waals surface area contributed by atoms with Crippen LogP contribution >= 0.6 is 0 Å².